The molecule has 0 unspecified atom stereocenters. The van der Waals surface area contributed by atoms with E-state index in [0.717, 1.165) is 30.1 Å². The van der Waals surface area contributed by atoms with Crippen LogP contribution in [0.4, 0.5) is 0 Å². The molecule has 96 valence electrons. The average Bonchev–Trinajstić information content (AvgIpc) is 2.36. The third kappa shape index (κ3) is 4.65. The lowest BCUT2D eigenvalue weighted by atomic mass is 10.2. The van der Waals surface area contributed by atoms with E-state index >= 15 is 0 Å². The molecule has 1 rings (SSSR count). The highest BCUT2D eigenvalue weighted by Crippen LogP contribution is 2.28. The lowest BCUT2D eigenvalue weighted by Gasteiger charge is -2.12. The normalized spacial score (nSPS) is 10.3. The molecule has 0 spiro atoms. The molecule has 0 amide bonds. The number of rotatable bonds is 8. The van der Waals surface area contributed by atoms with Crippen LogP contribution >= 0.6 is 0 Å². The molecule has 0 aliphatic rings. The van der Waals surface area contributed by atoms with Gasteiger partial charge in [-0.1, -0.05) is 25.8 Å². The molecule has 2 N–H and O–H groups in total. The maximum absolute atomic E-state index is 5.73. The molecular formula is C14H23NO2. The molecule has 0 bridgehead atoms. The number of nitrogens with two attached hydrogens (primary N) is 1. The molecule has 17 heavy (non-hydrogen) atoms. The van der Waals surface area contributed by atoms with Gasteiger partial charge in [0.15, 0.2) is 11.5 Å². The fourth-order valence-corrected chi connectivity index (χ4v) is 1.60. The van der Waals surface area contributed by atoms with Crippen molar-refractivity contribution in [1.29, 1.82) is 0 Å². The number of ether oxygens (including phenoxy) is 2. The number of hydrogen-bond acceptors (Lipinski definition) is 3. The Morgan fingerprint density at radius 2 is 1.88 bits per heavy atom. The Labute approximate surface area is 104 Å². The maximum Gasteiger partial charge on any atom is 0.161 e. The Kier molecular flexibility index (Phi) is 6.48. The average molecular weight is 237 g/mol. The molecule has 1 aromatic carbocycles. The Morgan fingerprint density at radius 1 is 1.06 bits per heavy atom. The summed E-state index contributed by atoms with van der Waals surface area (Å²) in [7, 11) is 0. The summed E-state index contributed by atoms with van der Waals surface area (Å²) in [6.07, 6.45) is 3.49. The van der Waals surface area contributed by atoms with Crippen LogP contribution in [0.1, 0.15) is 38.7 Å². The van der Waals surface area contributed by atoms with Crippen LogP contribution in [-0.4, -0.2) is 13.2 Å². The van der Waals surface area contributed by atoms with Gasteiger partial charge in [-0.25, -0.2) is 0 Å². The van der Waals surface area contributed by atoms with E-state index in [1.807, 2.05) is 25.1 Å². The summed E-state index contributed by atoms with van der Waals surface area (Å²) in [4.78, 5) is 0. The topological polar surface area (TPSA) is 44.5 Å². The van der Waals surface area contributed by atoms with Gasteiger partial charge < -0.3 is 15.2 Å². The summed E-state index contributed by atoms with van der Waals surface area (Å²) in [6.45, 7) is 6.06. The van der Waals surface area contributed by atoms with Crippen LogP contribution in [0, 0.1) is 0 Å². The fourth-order valence-electron chi connectivity index (χ4n) is 1.60. The van der Waals surface area contributed by atoms with Crippen molar-refractivity contribution in [3.63, 3.8) is 0 Å². The van der Waals surface area contributed by atoms with E-state index in [-0.39, 0.29) is 0 Å². The number of benzene rings is 1. The maximum atomic E-state index is 5.73. The minimum atomic E-state index is 0.524. The molecule has 0 aliphatic carbocycles. The molecule has 3 heteroatoms. The van der Waals surface area contributed by atoms with Crippen molar-refractivity contribution in [2.45, 2.75) is 39.7 Å². The molecule has 0 aromatic heterocycles. The highest BCUT2D eigenvalue weighted by atomic mass is 16.5. The van der Waals surface area contributed by atoms with Gasteiger partial charge in [-0.05, 0) is 31.0 Å². The SMILES string of the molecule is CCCCCOc1ccc(CN)cc1OCC. The van der Waals surface area contributed by atoms with Gasteiger partial charge >= 0.3 is 0 Å². The van der Waals surface area contributed by atoms with E-state index in [1.165, 1.54) is 12.8 Å². The van der Waals surface area contributed by atoms with Gasteiger partial charge in [-0.3, -0.25) is 0 Å². The number of hydrogen-bond donors (Lipinski definition) is 1. The van der Waals surface area contributed by atoms with Crippen molar-refractivity contribution in [1.82, 2.24) is 0 Å². The zero-order valence-electron chi connectivity index (χ0n) is 10.9. The summed E-state index contributed by atoms with van der Waals surface area (Å²) >= 11 is 0. The Hall–Kier alpha value is -1.22. The van der Waals surface area contributed by atoms with Crippen LogP contribution in [0.2, 0.25) is 0 Å². The van der Waals surface area contributed by atoms with Gasteiger partial charge in [0, 0.05) is 6.54 Å². The highest BCUT2D eigenvalue weighted by molar-refractivity contribution is 5.43. The van der Waals surface area contributed by atoms with Gasteiger partial charge in [0.05, 0.1) is 13.2 Å². The van der Waals surface area contributed by atoms with Gasteiger partial charge in [0.25, 0.3) is 0 Å². The second kappa shape index (κ2) is 7.96. The Bertz CT molecular complexity index is 326. The van der Waals surface area contributed by atoms with Crippen molar-refractivity contribution in [3.05, 3.63) is 23.8 Å². The van der Waals surface area contributed by atoms with Gasteiger partial charge in [-0.15, -0.1) is 0 Å². The second-order valence-electron chi connectivity index (χ2n) is 3.97. The van der Waals surface area contributed by atoms with Crippen LogP contribution in [0.15, 0.2) is 18.2 Å². The van der Waals surface area contributed by atoms with E-state index < -0.39 is 0 Å². The molecule has 0 aliphatic heterocycles. The molecule has 0 fully saturated rings. The summed E-state index contributed by atoms with van der Waals surface area (Å²) in [5.41, 5.74) is 6.67. The fraction of sp³-hybridized carbons (Fsp3) is 0.571. The molecule has 3 nitrogen and oxygen atoms in total. The molecule has 0 heterocycles. The minimum absolute atomic E-state index is 0.524. The van der Waals surface area contributed by atoms with Gasteiger partial charge in [0.1, 0.15) is 0 Å². The minimum Gasteiger partial charge on any atom is -0.490 e. The smallest absolute Gasteiger partial charge is 0.161 e. The first kappa shape index (κ1) is 13.8. The first-order valence-electron chi connectivity index (χ1n) is 6.40. The Balaban J connectivity index is 2.62. The summed E-state index contributed by atoms with van der Waals surface area (Å²) in [5, 5.41) is 0. The van der Waals surface area contributed by atoms with Crippen molar-refractivity contribution >= 4 is 0 Å². The summed E-state index contributed by atoms with van der Waals surface area (Å²) in [5.74, 6) is 1.62. The van der Waals surface area contributed by atoms with Gasteiger partial charge in [0.2, 0.25) is 0 Å². The predicted molar refractivity (Wildman–Crippen MR) is 70.5 cm³/mol. The second-order valence-corrected chi connectivity index (χ2v) is 3.97. The zero-order chi connectivity index (χ0) is 12.5. The number of unbranched alkanes of at least 4 members (excludes halogenated alkanes) is 2. The van der Waals surface area contributed by atoms with Crippen molar-refractivity contribution in [2.75, 3.05) is 13.2 Å². The van der Waals surface area contributed by atoms with Gasteiger partial charge in [-0.2, -0.15) is 0 Å². The van der Waals surface area contributed by atoms with Crippen LogP contribution in [0.5, 0.6) is 11.5 Å². The molecule has 0 saturated carbocycles. The zero-order valence-corrected chi connectivity index (χ0v) is 10.9. The first-order chi connectivity index (χ1) is 8.31. The van der Waals surface area contributed by atoms with Crippen LogP contribution in [0.25, 0.3) is 0 Å². The van der Waals surface area contributed by atoms with Crippen LogP contribution in [-0.2, 0) is 6.54 Å². The largest absolute Gasteiger partial charge is 0.490 e. The summed E-state index contributed by atoms with van der Waals surface area (Å²) < 4.78 is 11.3. The molecule has 0 saturated heterocycles. The lowest BCUT2D eigenvalue weighted by molar-refractivity contribution is 0.271. The third-order valence-corrected chi connectivity index (χ3v) is 2.55. The van der Waals surface area contributed by atoms with Crippen molar-refractivity contribution in [2.24, 2.45) is 5.73 Å². The monoisotopic (exact) mass is 237 g/mol. The molecule has 0 atom stereocenters. The quantitative estimate of drug-likeness (QED) is 0.706. The standard InChI is InChI=1S/C14H23NO2/c1-3-5-6-9-17-13-8-7-12(11-15)10-14(13)16-4-2/h7-8,10H,3-6,9,11,15H2,1-2H3. The Morgan fingerprint density at radius 3 is 2.53 bits per heavy atom. The van der Waals surface area contributed by atoms with Crippen molar-refractivity contribution < 1.29 is 9.47 Å². The summed E-state index contributed by atoms with van der Waals surface area (Å²) in [6, 6.07) is 5.88. The lowest BCUT2D eigenvalue weighted by Crippen LogP contribution is -2.03. The van der Waals surface area contributed by atoms with Crippen molar-refractivity contribution in [3.8, 4) is 11.5 Å². The first-order valence-corrected chi connectivity index (χ1v) is 6.40. The van der Waals surface area contributed by atoms with Crippen LogP contribution in [0.3, 0.4) is 0 Å². The van der Waals surface area contributed by atoms with E-state index in [2.05, 4.69) is 6.92 Å². The third-order valence-electron chi connectivity index (χ3n) is 2.55. The van der Waals surface area contributed by atoms with E-state index in [1.54, 1.807) is 0 Å². The van der Waals surface area contributed by atoms with Crippen LogP contribution < -0.4 is 15.2 Å². The van der Waals surface area contributed by atoms with E-state index in [4.69, 9.17) is 15.2 Å². The van der Waals surface area contributed by atoms with E-state index in [9.17, 15) is 0 Å². The highest BCUT2D eigenvalue weighted by Gasteiger charge is 2.05. The molecule has 0 radical (unpaired) electrons. The predicted octanol–water partition coefficient (Wildman–Crippen LogP) is 3.11. The van der Waals surface area contributed by atoms with E-state index in [0.29, 0.717) is 13.2 Å². The molecular weight excluding hydrogens is 214 g/mol. The molecule has 1 aromatic rings.